The van der Waals surface area contributed by atoms with Crippen molar-refractivity contribution < 1.29 is 42.2 Å². The number of ether oxygens (including phenoxy) is 2. The topological polar surface area (TPSA) is 144 Å². The summed E-state index contributed by atoms with van der Waals surface area (Å²) in [6.07, 6.45) is -0.573. The van der Waals surface area contributed by atoms with E-state index in [2.05, 4.69) is 0 Å². The molecule has 0 aromatic heterocycles. The van der Waals surface area contributed by atoms with Crippen LogP contribution < -0.4 is 0 Å². The van der Waals surface area contributed by atoms with Gasteiger partial charge < -0.3 is 19.5 Å². The molecule has 216 valence electrons. The highest BCUT2D eigenvalue weighted by atomic mass is 32.2. The summed E-state index contributed by atoms with van der Waals surface area (Å²) in [5.74, 6) is -4.21. The Bertz CT molecular complexity index is 1620. The number of nitrogens with zero attached hydrogens (tertiary/aromatic N) is 1. The highest BCUT2D eigenvalue weighted by Crippen LogP contribution is 2.49. The van der Waals surface area contributed by atoms with Gasteiger partial charge in [-0.25, -0.2) is 18.0 Å². The molecule has 2 heterocycles. The van der Waals surface area contributed by atoms with Crippen LogP contribution in [0.25, 0.3) is 0 Å². The number of esters is 2. The van der Waals surface area contributed by atoms with Crippen molar-refractivity contribution in [1.29, 1.82) is 0 Å². The molecule has 0 aliphatic carbocycles. The Morgan fingerprint density at radius 2 is 1.45 bits per heavy atom. The number of carboxylic acid groups (broad SMARTS) is 1. The summed E-state index contributed by atoms with van der Waals surface area (Å²) in [4.78, 5) is 51.9. The molecule has 5 rings (SSSR count). The average molecular weight is 590 g/mol. The number of benzene rings is 3. The number of β-lactam (4-membered cyclic amide) rings is 1. The summed E-state index contributed by atoms with van der Waals surface area (Å²) in [5.41, 5.74) is 1.36. The van der Waals surface area contributed by atoms with Crippen LogP contribution in [0.4, 0.5) is 0 Å². The van der Waals surface area contributed by atoms with Gasteiger partial charge >= 0.3 is 17.9 Å². The predicted octanol–water partition coefficient (Wildman–Crippen LogP) is 2.84. The zero-order valence-corrected chi connectivity index (χ0v) is 23.3. The van der Waals surface area contributed by atoms with E-state index in [1.165, 1.54) is 6.92 Å². The summed E-state index contributed by atoms with van der Waals surface area (Å²) in [6.45, 7) is 0.441. The molecule has 0 radical (unpaired) electrons. The lowest BCUT2D eigenvalue weighted by Gasteiger charge is -2.38. The number of aliphatic carboxylic acids is 1. The van der Waals surface area contributed by atoms with Crippen molar-refractivity contribution in [3.8, 4) is 0 Å². The molecule has 3 atom stereocenters. The second-order valence-electron chi connectivity index (χ2n) is 10.2. The molecular formula is C31H27NO9S. The molecule has 2 saturated heterocycles. The molecule has 2 aliphatic rings. The van der Waals surface area contributed by atoms with E-state index in [4.69, 9.17) is 9.47 Å². The molecule has 0 bridgehead atoms. The van der Waals surface area contributed by atoms with Crippen LogP contribution in [0.1, 0.15) is 29.7 Å². The predicted molar refractivity (Wildman–Crippen MR) is 149 cm³/mol. The normalized spacial score (nSPS) is 23.2. The van der Waals surface area contributed by atoms with Crippen LogP contribution in [0.5, 0.6) is 0 Å². The summed E-state index contributed by atoms with van der Waals surface area (Å²) < 4.78 is 37.0. The zero-order valence-electron chi connectivity index (χ0n) is 22.5. The Hall–Kier alpha value is -4.77. The van der Waals surface area contributed by atoms with Gasteiger partial charge in [0, 0.05) is 6.08 Å². The van der Waals surface area contributed by atoms with Crippen LogP contribution in [0.2, 0.25) is 0 Å². The van der Waals surface area contributed by atoms with Crippen molar-refractivity contribution in [2.45, 2.75) is 35.6 Å². The van der Waals surface area contributed by atoms with Crippen LogP contribution in [-0.2, 0) is 44.9 Å². The van der Waals surface area contributed by atoms with Crippen LogP contribution in [0.3, 0.4) is 0 Å². The molecule has 0 spiro atoms. The summed E-state index contributed by atoms with van der Waals surface area (Å²) >= 11 is 0. The van der Waals surface area contributed by atoms with E-state index in [0.29, 0.717) is 22.8 Å². The van der Waals surface area contributed by atoms with Gasteiger partial charge in [0.1, 0.15) is 11.4 Å². The fourth-order valence-corrected chi connectivity index (χ4v) is 7.58. The largest absolute Gasteiger partial charge is 0.478 e. The Labute approximate surface area is 242 Å². The van der Waals surface area contributed by atoms with E-state index in [1.54, 1.807) is 91.0 Å². The van der Waals surface area contributed by atoms with Gasteiger partial charge in [-0.2, -0.15) is 0 Å². The number of hydrogen-bond acceptors (Lipinski definition) is 8. The molecule has 1 unspecified atom stereocenters. The number of rotatable bonds is 9. The first kappa shape index (κ1) is 28.7. The van der Waals surface area contributed by atoms with Gasteiger partial charge in [0.05, 0.1) is 12.0 Å². The van der Waals surface area contributed by atoms with Gasteiger partial charge in [-0.05, 0) is 23.6 Å². The number of sulfone groups is 1. The van der Waals surface area contributed by atoms with Crippen LogP contribution in [0, 0.1) is 0 Å². The Balaban J connectivity index is 1.50. The lowest BCUT2D eigenvalue weighted by Crippen LogP contribution is -2.60. The third-order valence-electron chi connectivity index (χ3n) is 7.45. The van der Waals surface area contributed by atoms with Gasteiger partial charge in [-0.3, -0.25) is 9.59 Å². The third kappa shape index (κ3) is 5.07. The molecule has 2 aliphatic heterocycles. The van der Waals surface area contributed by atoms with Crippen molar-refractivity contribution in [1.82, 2.24) is 4.90 Å². The van der Waals surface area contributed by atoms with E-state index in [9.17, 15) is 32.7 Å². The zero-order chi connectivity index (χ0) is 30.1. The minimum Gasteiger partial charge on any atom is -0.478 e. The second kappa shape index (κ2) is 11.2. The first-order valence-electron chi connectivity index (χ1n) is 13.0. The van der Waals surface area contributed by atoms with Crippen molar-refractivity contribution in [3.05, 3.63) is 119 Å². The van der Waals surface area contributed by atoms with Crippen molar-refractivity contribution >= 4 is 33.7 Å². The number of carbonyl (C=O) groups is 4. The molecule has 1 amide bonds. The summed E-state index contributed by atoms with van der Waals surface area (Å²) in [7, 11) is -4.49. The maximum absolute atomic E-state index is 13.9. The maximum atomic E-state index is 13.9. The van der Waals surface area contributed by atoms with Gasteiger partial charge in [0.2, 0.25) is 0 Å². The SMILES string of the molecule is C[C@]1(COC(=O)Cc2ccccc2)[C@H](C(=O)OC(c2ccccc2)c2ccccc2)N2C(=O)/C(=C/C(=O)O)C2S1(=O)=O. The van der Waals surface area contributed by atoms with Gasteiger partial charge in [-0.1, -0.05) is 91.0 Å². The molecule has 10 nitrogen and oxygen atoms in total. The molecule has 3 aromatic carbocycles. The van der Waals surface area contributed by atoms with Crippen molar-refractivity contribution in [2.75, 3.05) is 6.61 Å². The number of carbonyl (C=O) groups excluding carboxylic acids is 3. The molecule has 11 heteroatoms. The van der Waals surface area contributed by atoms with Gasteiger partial charge in [-0.15, -0.1) is 0 Å². The van der Waals surface area contributed by atoms with Crippen molar-refractivity contribution in [3.63, 3.8) is 0 Å². The first-order valence-corrected chi connectivity index (χ1v) is 14.6. The molecule has 1 N–H and O–H groups in total. The van der Waals surface area contributed by atoms with E-state index >= 15 is 0 Å². The minimum atomic E-state index is -4.49. The average Bonchev–Trinajstić information content (AvgIpc) is 3.15. The highest BCUT2D eigenvalue weighted by molar-refractivity contribution is 7.94. The number of amides is 1. The van der Waals surface area contributed by atoms with E-state index < -0.39 is 68.1 Å². The number of fused-ring (bicyclic) bond motifs is 1. The molecule has 42 heavy (non-hydrogen) atoms. The fraction of sp³-hybridized carbons (Fsp3) is 0.226. The molecular weight excluding hydrogens is 562 g/mol. The van der Waals surface area contributed by atoms with Crippen LogP contribution in [0.15, 0.2) is 103 Å². The monoisotopic (exact) mass is 589 g/mol. The smallest absolute Gasteiger partial charge is 0.331 e. The first-order chi connectivity index (χ1) is 20.0. The van der Waals surface area contributed by atoms with Gasteiger partial charge in [0.25, 0.3) is 5.91 Å². The fourth-order valence-electron chi connectivity index (χ4n) is 5.31. The lowest BCUT2D eigenvalue weighted by molar-refractivity contribution is -0.162. The Kier molecular flexibility index (Phi) is 7.70. The molecule has 2 fully saturated rings. The molecule has 0 saturated carbocycles. The summed E-state index contributed by atoms with van der Waals surface area (Å²) in [6, 6.07) is 24.5. The molecule has 3 aromatic rings. The third-order valence-corrected chi connectivity index (χ3v) is 10.2. The quantitative estimate of drug-likeness (QED) is 0.226. The van der Waals surface area contributed by atoms with Crippen LogP contribution >= 0.6 is 0 Å². The minimum absolute atomic E-state index is 0.146. The van der Waals surface area contributed by atoms with E-state index in [0.717, 1.165) is 4.90 Å². The standard InChI is InChI=1S/C31H27NO9S/c1-31(19-40-25(35)17-20-11-5-2-6-12-20)27(32-28(36)23(18-24(33)34)29(32)42(31,38)39)30(37)41-26(21-13-7-3-8-14-21)22-15-9-4-10-16-22/h2-16,18,26-27,29H,17,19H2,1H3,(H,33,34)/b23-18-/t27-,29?,31-/m0/s1. The summed E-state index contributed by atoms with van der Waals surface area (Å²) in [5, 5.41) is 7.54. The van der Waals surface area contributed by atoms with Gasteiger partial charge in [0.15, 0.2) is 27.4 Å². The van der Waals surface area contributed by atoms with Crippen LogP contribution in [-0.4, -0.2) is 65.0 Å². The highest BCUT2D eigenvalue weighted by Gasteiger charge is 2.73. The van der Waals surface area contributed by atoms with E-state index in [-0.39, 0.29) is 6.42 Å². The van der Waals surface area contributed by atoms with E-state index in [1.807, 2.05) is 0 Å². The number of hydrogen-bond donors (Lipinski definition) is 1. The number of carboxylic acids is 1. The van der Waals surface area contributed by atoms with Crippen molar-refractivity contribution in [2.24, 2.45) is 0 Å². The second-order valence-corrected chi connectivity index (χ2v) is 12.7. The lowest BCUT2D eigenvalue weighted by atomic mass is 9.94. The maximum Gasteiger partial charge on any atom is 0.331 e. The Morgan fingerprint density at radius 3 is 1.98 bits per heavy atom. The Morgan fingerprint density at radius 1 is 0.929 bits per heavy atom.